The van der Waals surface area contributed by atoms with E-state index in [-0.39, 0.29) is 17.4 Å². The summed E-state index contributed by atoms with van der Waals surface area (Å²) in [5.74, 6) is 1.55. The Balaban J connectivity index is 1.50. The minimum absolute atomic E-state index is 0.233. The number of hydrogen-bond donors (Lipinski definition) is 1. The molecule has 1 N–H and O–H groups in total. The summed E-state index contributed by atoms with van der Waals surface area (Å²) >= 11 is 0. The molecule has 2 aromatic rings. The topological polar surface area (TPSA) is 64.6 Å². The maximum Gasteiger partial charge on any atom is 0.240 e. The smallest absolute Gasteiger partial charge is 0.240 e. The minimum atomic E-state index is -3.62. The molecule has 30 heavy (non-hydrogen) atoms. The maximum atomic E-state index is 15.1. The quantitative estimate of drug-likeness (QED) is 0.757. The zero-order valence-electron chi connectivity index (χ0n) is 16.9. The van der Waals surface area contributed by atoms with Gasteiger partial charge in [-0.1, -0.05) is 24.3 Å². The Labute approximate surface area is 176 Å². The number of rotatable bonds is 6. The molecule has 0 spiro atoms. The van der Waals surface area contributed by atoms with Crippen molar-refractivity contribution in [2.45, 2.75) is 54.7 Å². The first-order valence-corrected chi connectivity index (χ1v) is 12.0. The second kappa shape index (κ2) is 7.24. The molecule has 7 heteroatoms. The van der Waals surface area contributed by atoms with Crippen molar-refractivity contribution >= 4 is 10.0 Å². The number of alkyl halides is 1. The number of methoxy groups -OCH3 is 1. The molecule has 2 aliphatic carbocycles. The number of halogens is 1. The van der Waals surface area contributed by atoms with Crippen LogP contribution in [0.4, 0.5) is 4.39 Å². The van der Waals surface area contributed by atoms with Gasteiger partial charge in [-0.25, -0.2) is 17.5 Å². The van der Waals surface area contributed by atoms with Crippen molar-refractivity contribution in [2.75, 3.05) is 13.7 Å². The maximum absolute atomic E-state index is 15.1. The van der Waals surface area contributed by atoms with Crippen LogP contribution in [-0.2, 0) is 21.9 Å². The summed E-state index contributed by atoms with van der Waals surface area (Å²) in [6.07, 6.45) is 2.01. The number of nitrogens with one attached hydrogen (secondary N) is 1. The van der Waals surface area contributed by atoms with Gasteiger partial charge in [0, 0.05) is 17.5 Å². The third kappa shape index (κ3) is 2.86. The van der Waals surface area contributed by atoms with Crippen molar-refractivity contribution in [3.05, 3.63) is 53.6 Å². The fraction of sp³-hybridized carbons (Fsp3) is 0.478. The molecule has 0 aromatic heterocycles. The second-order valence-corrected chi connectivity index (χ2v) is 10.3. The van der Waals surface area contributed by atoms with E-state index in [1.165, 1.54) is 5.56 Å². The third-order valence-electron chi connectivity index (χ3n) is 7.14. The Hall–Kier alpha value is -2.12. The van der Waals surface area contributed by atoms with Crippen LogP contribution in [0.3, 0.4) is 0 Å². The molecule has 1 aliphatic heterocycles. The third-order valence-corrected chi connectivity index (χ3v) is 8.62. The van der Waals surface area contributed by atoms with Crippen LogP contribution in [0.25, 0.3) is 0 Å². The molecule has 0 amide bonds. The summed E-state index contributed by atoms with van der Waals surface area (Å²) in [6, 6.07) is 12.3. The fourth-order valence-corrected chi connectivity index (χ4v) is 6.91. The predicted octanol–water partition coefficient (Wildman–Crippen LogP) is 3.76. The number of aryl methyl sites for hydroxylation is 1. The highest BCUT2D eigenvalue weighted by molar-refractivity contribution is 7.89. The largest absolute Gasteiger partial charge is 0.493 e. The highest BCUT2D eigenvalue weighted by Crippen LogP contribution is 2.62. The molecule has 1 fully saturated rings. The first-order chi connectivity index (χ1) is 14.5. The molecule has 5 nitrogen and oxygen atoms in total. The van der Waals surface area contributed by atoms with E-state index in [0.29, 0.717) is 24.3 Å². The van der Waals surface area contributed by atoms with Crippen LogP contribution in [0.1, 0.15) is 36.8 Å². The van der Waals surface area contributed by atoms with Crippen LogP contribution in [-0.4, -0.2) is 34.3 Å². The van der Waals surface area contributed by atoms with Gasteiger partial charge in [0.25, 0.3) is 0 Å². The summed E-state index contributed by atoms with van der Waals surface area (Å²) in [7, 11) is -2.02. The van der Waals surface area contributed by atoms with E-state index < -0.39 is 27.7 Å². The molecule has 0 bridgehead atoms. The van der Waals surface area contributed by atoms with Gasteiger partial charge in [0.15, 0.2) is 11.5 Å². The van der Waals surface area contributed by atoms with Crippen molar-refractivity contribution < 1.29 is 22.3 Å². The zero-order valence-corrected chi connectivity index (χ0v) is 17.8. The Kier molecular flexibility index (Phi) is 4.78. The predicted molar refractivity (Wildman–Crippen MR) is 111 cm³/mol. The lowest BCUT2D eigenvalue weighted by Gasteiger charge is -2.49. The van der Waals surface area contributed by atoms with Gasteiger partial charge < -0.3 is 9.47 Å². The number of ether oxygens (including phenoxy) is 2. The van der Waals surface area contributed by atoms with Crippen LogP contribution >= 0.6 is 0 Å². The van der Waals surface area contributed by atoms with Gasteiger partial charge in [0.1, 0.15) is 12.3 Å². The summed E-state index contributed by atoms with van der Waals surface area (Å²) in [4.78, 5) is 0.236. The fourth-order valence-electron chi connectivity index (χ4n) is 5.86. The van der Waals surface area contributed by atoms with E-state index in [9.17, 15) is 8.42 Å². The van der Waals surface area contributed by atoms with Gasteiger partial charge >= 0.3 is 0 Å². The van der Waals surface area contributed by atoms with Crippen molar-refractivity contribution in [2.24, 2.45) is 5.92 Å². The average Bonchev–Trinajstić information content (AvgIpc) is 3.11. The van der Waals surface area contributed by atoms with E-state index in [4.69, 9.17) is 9.47 Å². The molecule has 1 heterocycles. The van der Waals surface area contributed by atoms with Gasteiger partial charge in [-0.2, -0.15) is 0 Å². The first-order valence-electron chi connectivity index (χ1n) is 10.5. The van der Waals surface area contributed by atoms with Crippen LogP contribution in [0.5, 0.6) is 11.5 Å². The van der Waals surface area contributed by atoms with E-state index in [2.05, 4.69) is 10.8 Å². The van der Waals surface area contributed by atoms with Crippen LogP contribution in [0, 0.1) is 5.92 Å². The molecular formula is C23H26FNO4S. The number of sulfonamides is 1. The molecule has 3 aliphatic rings. The SMILES string of the molecule is COc1ccc2c3c1O[C@@H]1C(F)CCC(CC2)[C@]31CCNS(=O)(=O)c1ccccc1. The van der Waals surface area contributed by atoms with E-state index >= 15 is 4.39 Å². The monoisotopic (exact) mass is 431 g/mol. The Morgan fingerprint density at radius 2 is 1.97 bits per heavy atom. The van der Waals surface area contributed by atoms with Crippen molar-refractivity contribution in [3.63, 3.8) is 0 Å². The van der Waals surface area contributed by atoms with Gasteiger partial charge in [-0.3, -0.25) is 0 Å². The van der Waals surface area contributed by atoms with Gasteiger partial charge in [-0.05, 0) is 61.8 Å². The first kappa shape index (κ1) is 19.8. The van der Waals surface area contributed by atoms with Crippen LogP contribution in [0.15, 0.2) is 47.4 Å². The number of hydrogen-bond acceptors (Lipinski definition) is 4. The van der Waals surface area contributed by atoms with Crippen LogP contribution in [0.2, 0.25) is 0 Å². The molecule has 0 radical (unpaired) electrons. The molecular weight excluding hydrogens is 405 g/mol. The molecule has 160 valence electrons. The molecule has 0 saturated heterocycles. The lowest BCUT2D eigenvalue weighted by atomic mass is 9.55. The van der Waals surface area contributed by atoms with Gasteiger partial charge in [-0.15, -0.1) is 0 Å². The second-order valence-electron chi connectivity index (χ2n) is 8.50. The summed E-state index contributed by atoms with van der Waals surface area (Å²) in [5.41, 5.74) is 1.70. The van der Waals surface area contributed by atoms with Gasteiger partial charge in [0.05, 0.1) is 12.0 Å². The summed E-state index contributed by atoms with van der Waals surface area (Å²) < 4.78 is 55.0. The lowest BCUT2D eigenvalue weighted by molar-refractivity contribution is -0.0215. The number of benzene rings is 2. The Bertz CT molecular complexity index is 1060. The standard InChI is InChI=1S/C23H26FNO4S/c1-28-19-12-8-15-7-9-16-10-11-18(24)22-23(16,20(15)21(19)29-22)13-14-25-30(26,27)17-5-3-2-4-6-17/h2-6,8,12,16,18,22,25H,7,9-11,13-14H2,1H3/t16?,18?,22-,23-/m1/s1. The molecule has 1 saturated carbocycles. The summed E-state index contributed by atoms with van der Waals surface area (Å²) in [5, 5.41) is 0. The molecule has 2 aromatic carbocycles. The van der Waals surface area contributed by atoms with Gasteiger partial charge in [0.2, 0.25) is 10.0 Å². The highest BCUT2D eigenvalue weighted by atomic mass is 32.2. The minimum Gasteiger partial charge on any atom is -0.493 e. The normalized spacial score (nSPS) is 29.2. The van der Waals surface area contributed by atoms with Crippen molar-refractivity contribution in [1.82, 2.24) is 4.72 Å². The zero-order chi connectivity index (χ0) is 20.9. The van der Waals surface area contributed by atoms with E-state index in [1.54, 1.807) is 37.4 Å². The van der Waals surface area contributed by atoms with Crippen LogP contribution < -0.4 is 14.2 Å². The molecule has 5 rings (SSSR count). The lowest BCUT2D eigenvalue weighted by Crippen LogP contribution is -2.55. The average molecular weight is 432 g/mol. The van der Waals surface area contributed by atoms with E-state index in [1.807, 2.05) is 6.07 Å². The Morgan fingerprint density at radius 1 is 1.17 bits per heavy atom. The molecule has 4 atom stereocenters. The van der Waals surface area contributed by atoms with Crippen molar-refractivity contribution in [1.29, 1.82) is 0 Å². The van der Waals surface area contributed by atoms with Crippen molar-refractivity contribution in [3.8, 4) is 11.5 Å². The highest BCUT2D eigenvalue weighted by Gasteiger charge is 2.61. The Morgan fingerprint density at radius 3 is 2.73 bits per heavy atom. The molecule has 2 unspecified atom stereocenters. The van der Waals surface area contributed by atoms with E-state index in [0.717, 1.165) is 24.8 Å². The summed E-state index contributed by atoms with van der Waals surface area (Å²) in [6.45, 7) is 0.233.